The van der Waals surface area contributed by atoms with E-state index in [0.29, 0.717) is 6.54 Å². The maximum atomic E-state index is 9.54. The fraction of sp³-hybridized carbons (Fsp3) is 1.00. The Morgan fingerprint density at radius 1 is 1.42 bits per heavy atom. The summed E-state index contributed by atoms with van der Waals surface area (Å²) < 4.78 is 0. The summed E-state index contributed by atoms with van der Waals surface area (Å²) in [5.74, 6) is 0. The second-order valence-electron chi connectivity index (χ2n) is 3.72. The molecule has 0 heterocycles. The second kappa shape index (κ2) is 4.80. The number of hydrogen-bond acceptors (Lipinski definition) is 3. The van der Waals surface area contributed by atoms with Crippen LogP contribution in [0.15, 0.2) is 0 Å². The summed E-state index contributed by atoms with van der Waals surface area (Å²) in [5.41, 5.74) is 0. The molecule has 1 rings (SSSR count). The lowest BCUT2D eigenvalue weighted by atomic mass is 9.92. The third-order valence-electron chi connectivity index (χ3n) is 2.40. The highest BCUT2D eigenvalue weighted by atomic mass is 16.3. The Labute approximate surface area is 73.8 Å². The van der Waals surface area contributed by atoms with Crippen molar-refractivity contribution in [2.45, 2.75) is 50.9 Å². The molecular weight excluding hydrogens is 154 g/mol. The van der Waals surface area contributed by atoms with Crippen molar-refractivity contribution in [3.8, 4) is 0 Å². The fourth-order valence-electron chi connectivity index (χ4n) is 1.67. The first-order valence-corrected chi connectivity index (χ1v) is 4.79. The maximum absolute atomic E-state index is 9.54. The van der Waals surface area contributed by atoms with Gasteiger partial charge < -0.3 is 15.5 Å². The molecular formula is C9H19NO2. The molecule has 1 aliphatic rings. The van der Waals surface area contributed by atoms with Gasteiger partial charge in [-0.25, -0.2) is 0 Å². The Morgan fingerprint density at radius 3 is 2.67 bits per heavy atom. The summed E-state index contributed by atoms with van der Waals surface area (Å²) >= 11 is 0. The summed E-state index contributed by atoms with van der Waals surface area (Å²) in [5, 5.41) is 21.7. The van der Waals surface area contributed by atoms with E-state index >= 15 is 0 Å². The summed E-state index contributed by atoms with van der Waals surface area (Å²) in [4.78, 5) is 0. The monoisotopic (exact) mass is 173 g/mol. The van der Waals surface area contributed by atoms with E-state index in [-0.39, 0.29) is 18.2 Å². The first-order chi connectivity index (χ1) is 5.70. The molecule has 2 unspecified atom stereocenters. The molecule has 1 saturated carbocycles. The quantitative estimate of drug-likeness (QED) is 0.574. The topological polar surface area (TPSA) is 52.5 Å². The van der Waals surface area contributed by atoms with Crippen LogP contribution in [-0.2, 0) is 0 Å². The predicted molar refractivity (Wildman–Crippen MR) is 47.9 cm³/mol. The van der Waals surface area contributed by atoms with Crippen LogP contribution in [0.25, 0.3) is 0 Å². The Bertz CT molecular complexity index is 128. The minimum Gasteiger partial charge on any atom is -0.392 e. The van der Waals surface area contributed by atoms with Crippen molar-refractivity contribution in [3.63, 3.8) is 0 Å². The Hall–Kier alpha value is -0.120. The molecule has 3 atom stereocenters. The van der Waals surface area contributed by atoms with Gasteiger partial charge in [0.1, 0.15) is 0 Å². The minimum absolute atomic E-state index is 0.202. The average Bonchev–Trinajstić information content (AvgIpc) is 2.03. The van der Waals surface area contributed by atoms with Crippen LogP contribution < -0.4 is 5.32 Å². The number of aliphatic hydroxyl groups is 2. The smallest absolute Gasteiger partial charge is 0.0693 e. The summed E-state index contributed by atoms with van der Waals surface area (Å²) in [6, 6.07) is 0.202. The highest BCUT2D eigenvalue weighted by Crippen LogP contribution is 2.17. The van der Waals surface area contributed by atoms with Crippen molar-refractivity contribution in [1.82, 2.24) is 5.32 Å². The number of aliphatic hydroxyl groups excluding tert-OH is 2. The van der Waals surface area contributed by atoms with Gasteiger partial charge >= 0.3 is 0 Å². The Morgan fingerprint density at radius 2 is 2.08 bits per heavy atom. The van der Waals surface area contributed by atoms with Crippen molar-refractivity contribution in [2.24, 2.45) is 0 Å². The standard InChI is InChI=1S/C9H19NO2/c1-7(11)6-10-8-4-2-3-5-9(8)12/h7-12H,2-6H2,1H3/t7-,8?,9?/m1/s1. The van der Waals surface area contributed by atoms with E-state index in [1.165, 1.54) is 6.42 Å². The van der Waals surface area contributed by atoms with Crippen LogP contribution in [0.4, 0.5) is 0 Å². The van der Waals surface area contributed by atoms with Gasteiger partial charge in [-0.3, -0.25) is 0 Å². The molecule has 3 nitrogen and oxygen atoms in total. The van der Waals surface area contributed by atoms with Crippen LogP contribution in [-0.4, -0.2) is 35.0 Å². The summed E-state index contributed by atoms with van der Waals surface area (Å²) in [7, 11) is 0. The van der Waals surface area contributed by atoms with Gasteiger partial charge in [-0.15, -0.1) is 0 Å². The van der Waals surface area contributed by atoms with Gasteiger partial charge in [-0.1, -0.05) is 12.8 Å². The lowest BCUT2D eigenvalue weighted by molar-refractivity contribution is 0.0821. The Kier molecular flexibility index (Phi) is 3.98. The second-order valence-corrected chi connectivity index (χ2v) is 3.72. The molecule has 1 aliphatic carbocycles. The van der Waals surface area contributed by atoms with Crippen molar-refractivity contribution in [3.05, 3.63) is 0 Å². The van der Waals surface area contributed by atoms with Gasteiger partial charge in [0, 0.05) is 12.6 Å². The zero-order valence-corrected chi connectivity index (χ0v) is 7.66. The molecule has 3 N–H and O–H groups in total. The molecule has 0 bridgehead atoms. The molecule has 72 valence electrons. The van der Waals surface area contributed by atoms with E-state index in [0.717, 1.165) is 19.3 Å². The van der Waals surface area contributed by atoms with Crippen LogP contribution in [0, 0.1) is 0 Å². The molecule has 0 aromatic heterocycles. The third kappa shape index (κ3) is 3.09. The molecule has 0 aliphatic heterocycles. The molecule has 3 heteroatoms. The van der Waals surface area contributed by atoms with Crippen LogP contribution >= 0.6 is 0 Å². The van der Waals surface area contributed by atoms with Crippen LogP contribution in [0.2, 0.25) is 0 Å². The van der Waals surface area contributed by atoms with Crippen molar-refractivity contribution < 1.29 is 10.2 Å². The van der Waals surface area contributed by atoms with Gasteiger partial charge in [0.05, 0.1) is 12.2 Å². The van der Waals surface area contributed by atoms with Gasteiger partial charge in [0.25, 0.3) is 0 Å². The molecule has 0 saturated heterocycles. The molecule has 0 aromatic carbocycles. The maximum Gasteiger partial charge on any atom is 0.0693 e. The Balaban J connectivity index is 2.20. The normalized spacial score (nSPS) is 33.2. The lowest BCUT2D eigenvalue weighted by Gasteiger charge is -2.28. The van der Waals surface area contributed by atoms with Gasteiger partial charge in [-0.05, 0) is 19.8 Å². The number of hydrogen-bond donors (Lipinski definition) is 3. The van der Waals surface area contributed by atoms with Gasteiger partial charge in [0.15, 0.2) is 0 Å². The number of nitrogens with one attached hydrogen (secondary N) is 1. The van der Waals surface area contributed by atoms with Crippen LogP contribution in [0.5, 0.6) is 0 Å². The van der Waals surface area contributed by atoms with Gasteiger partial charge in [-0.2, -0.15) is 0 Å². The molecule has 1 fully saturated rings. The van der Waals surface area contributed by atoms with E-state index in [4.69, 9.17) is 5.11 Å². The SMILES string of the molecule is C[C@@H](O)CNC1CCCCC1O. The predicted octanol–water partition coefficient (Wildman–Crippen LogP) is 0.260. The van der Waals surface area contributed by atoms with E-state index in [9.17, 15) is 5.11 Å². The van der Waals surface area contributed by atoms with E-state index in [2.05, 4.69) is 5.32 Å². The zero-order valence-electron chi connectivity index (χ0n) is 7.66. The minimum atomic E-state index is -0.320. The van der Waals surface area contributed by atoms with E-state index in [1.54, 1.807) is 6.92 Å². The lowest BCUT2D eigenvalue weighted by Crippen LogP contribution is -2.44. The molecule has 0 aromatic rings. The van der Waals surface area contributed by atoms with E-state index < -0.39 is 0 Å². The largest absolute Gasteiger partial charge is 0.392 e. The molecule has 12 heavy (non-hydrogen) atoms. The van der Waals surface area contributed by atoms with Crippen LogP contribution in [0.3, 0.4) is 0 Å². The average molecular weight is 173 g/mol. The molecule has 0 radical (unpaired) electrons. The summed E-state index contributed by atoms with van der Waals surface area (Å²) in [6.07, 6.45) is 3.73. The molecule has 0 spiro atoms. The number of rotatable bonds is 3. The fourth-order valence-corrected chi connectivity index (χ4v) is 1.67. The molecule has 0 amide bonds. The first kappa shape index (κ1) is 9.96. The van der Waals surface area contributed by atoms with Crippen molar-refractivity contribution in [1.29, 1.82) is 0 Å². The van der Waals surface area contributed by atoms with Crippen molar-refractivity contribution in [2.75, 3.05) is 6.54 Å². The zero-order chi connectivity index (χ0) is 8.97. The third-order valence-corrected chi connectivity index (χ3v) is 2.40. The van der Waals surface area contributed by atoms with Gasteiger partial charge in [0.2, 0.25) is 0 Å². The summed E-state index contributed by atoms with van der Waals surface area (Å²) in [6.45, 7) is 2.34. The highest BCUT2D eigenvalue weighted by molar-refractivity contribution is 4.80. The van der Waals surface area contributed by atoms with Crippen LogP contribution in [0.1, 0.15) is 32.6 Å². The highest BCUT2D eigenvalue weighted by Gasteiger charge is 2.22. The first-order valence-electron chi connectivity index (χ1n) is 4.79. The van der Waals surface area contributed by atoms with E-state index in [1.807, 2.05) is 0 Å². The van der Waals surface area contributed by atoms with Crippen molar-refractivity contribution >= 4 is 0 Å².